The molecule has 0 aliphatic carbocycles. The van der Waals surface area contributed by atoms with Gasteiger partial charge < -0.3 is 15.8 Å². The van der Waals surface area contributed by atoms with E-state index in [0.717, 1.165) is 19.2 Å². The van der Waals surface area contributed by atoms with Gasteiger partial charge in [0.05, 0.1) is 16.1 Å². The van der Waals surface area contributed by atoms with E-state index in [-0.39, 0.29) is 22.0 Å². The fourth-order valence-electron chi connectivity index (χ4n) is 3.13. The SMILES string of the molecule is CC1(c2cc(NC(=O)c3ncc(C#N)cc3Cl)cc(F)c2F)CC(C(F)(F)F)OC(N)=N1. The third kappa shape index (κ3) is 4.57. The van der Waals surface area contributed by atoms with Crippen LogP contribution >= 0.6 is 11.6 Å². The van der Waals surface area contributed by atoms with Crippen molar-refractivity contribution in [1.82, 2.24) is 4.98 Å². The minimum atomic E-state index is -4.83. The molecule has 3 N–H and O–H groups in total. The molecule has 2 atom stereocenters. The van der Waals surface area contributed by atoms with Crippen molar-refractivity contribution in [2.24, 2.45) is 10.7 Å². The minimum absolute atomic E-state index is 0.0868. The highest BCUT2D eigenvalue weighted by molar-refractivity contribution is 6.34. The van der Waals surface area contributed by atoms with Gasteiger partial charge in [-0.05, 0) is 19.1 Å². The summed E-state index contributed by atoms with van der Waals surface area (Å²) < 4.78 is 72.9. The largest absolute Gasteiger partial charge is 0.452 e. The van der Waals surface area contributed by atoms with Crippen molar-refractivity contribution < 1.29 is 31.5 Å². The van der Waals surface area contributed by atoms with Crippen molar-refractivity contribution in [1.29, 1.82) is 5.26 Å². The van der Waals surface area contributed by atoms with E-state index >= 15 is 0 Å². The maximum absolute atomic E-state index is 14.6. The summed E-state index contributed by atoms with van der Waals surface area (Å²) >= 11 is 5.92. The monoisotopic (exact) mass is 473 g/mol. The molecule has 0 fully saturated rings. The Hall–Kier alpha value is -3.46. The predicted molar refractivity (Wildman–Crippen MR) is 103 cm³/mol. The number of halogens is 6. The van der Waals surface area contributed by atoms with Crippen LogP contribution in [0, 0.1) is 23.0 Å². The van der Waals surface area contributed by atoms with E-state index in [2.05, 4.69) is 20.0 Å². The number of amidine groups is 1. The van der Waals surface area contributed by atoms with E-state index in [1.807, 2.05) is 0 Å². The molecule has 0 radical (unpaired) electrons. The molecule has 13 heteroatoms. The molecule has 7 nitrogen and oxygen atoms in total. The topological polar surface area (TPSA) is 113 Å². The number of ether oxygens (including phenoxy) is 1. The number of nitrogens with zero attached hydrogens (tertiary/aromatic N) is 3. The molecule has 32 heavy (non-hydrogen) atoms. The van der Waals surface area contributed by atoms with E-state index in [1.165, 1.54) is 6.07 Å². The first-order valence-electron chi connectivity index (χ1n) is 8.79. The van der Waals surface area contributed by atoms with Gasteiger partial charge in [0, 0.05) is 29.9 Å². The fraction of sp³-hybridized carbons (Fsp3) is 0.263. The van der Waals surface area contributed by atoms with Crippen molar-refractivity contribution in [2.75, 3.05) is 5.32 Å². The lowest BCUT2D eigenvalue weighted by Crippen LogP contribution is -2.46. The van der Waals surface area contributed by atoms with Crippen LogP contribution in [0.1, 0.15) is 35.0 Å². The van der Waals surface area contributed by atoms with Gasteiger partial charge in [0.2, 0.25) is 0 Å². The Labute approximate surface area is 182 Å². The number of aliphatic imine (C=N–C) groups is 1. The molecule has 1 amide bonds. The Morgan fingerprint density at radius 2 is 2.06 bits per heavy atom. The molecular weight excluding hydrogens is 461 g/mol. The molecule has 0 bridgehead atoms. The van der Waals surface area contributed by atoms with Crippen LogP contribution in [0.4, 0.5) is 27.6 Å². The van der Waals surface area contributed by atoms with E-state index in [1.54, 1.807) is 6.07 Å². The summed E-state index contributed by atoms with van der Waals surface area (Å²) in [5.41, 5.74) is 2.31. The highest BCUT2D eigenvalue weighted by atomic mass is 35.5. The van der Waals surface area contributed by atoms with Crippen LogP contribution in [-0.2, 0) is 10.3 Å². The quantitative estimate of drug-likeness (QED) is 0.654. The first kappa shape index (κ1) is 23.2. The molecular formula is C19H13ClF5N5O2. The van der Waals surface area contributed by atoms with Gasteiger partial charge in [-0.2, -0.15) is 18.4 Å². The Morgan fingerprint density at radius 3 is 2.66 bits per heavy atom. The number of pyridine rings is 1. The number of aromatic nitrogens is 1. The second-order valence-electron chi connectivity index (χ2n) is 7.02. The Bertz CT molecular complexity index is 1160. The number of carbonyl (C=O) groups excluding carboxylic acids is 1. The smallest absolute Gasteiger partial charge is 0.425 e. The summed E-state index contributed by atoms with van der Waals surface area (Å²) in [6.45, 7) is 1.13. The van der Waals surface area contributed by atoms with Crippen LogP contribution in [-0.4, -0.2) is 29.2 Å². The van der Waals surface area contributed by atoms with Gasteiger partial charge in [-0.1, -0.05) is 11.6 Å². The lowest BCUT2D eigenvalue weighted by molar-refractivity contribution is -0.208. The molecule has 1 aliphatic heterocycles. The van der Waals surface area contributed by atoms with Gasteiger partial charge in [-0.15, -0.1) is 0 Å². The standard InChI is InChI=1S/C19H13ClF5N5O2/c1-18(5-13(19(23,24)25)32-17(27)30-18)10-3-9(4-12(21)14(10)22)29-16(31)15-11(20)2-8(6-26)7-28-15/h2-4,7,13H,5H2,1H3,(H2,27,30)(H,29,31). The molecule has 2 heterocycles. The molecule has 1 aromatic carbocycles. The van der Waals surface area contributed by atoms with Crippen LogP contribution in [0.25, 0.3) is 0 Å². The molecule has 2 aromatic rings. The third-order valence-electron chi connectivity index (χ3n) is 4.62. The molecule has 2 unspecified atom stereocenters. The second-order valence-corrected chi connectivity index (χ2v) is 7.42. The van der Waals surface area contributed by atoms with Crippen molar-refractivity contribution in [3.63, 3.8) is 0 Å². The summed E-state index contributed by atoms with van der Waals surface area (Å²) in [5, 5.41) is 10.9. The molecule has 0 saturated carbocycles. The Kier molecular flexibility index (Phi) is 5.97. The zero-order valence-electron chi connectivity index (χ0n) is 16.1. The van der Waals surface area contributed by atoms with Crippen LogP contribution in [0.15, 0.2) is 29.4 Å². The maximum Gasteiger partial charge on any atom is 0.425 e. The normalized spacial score (nSPS) is 20.7. The van der Waals surface area contributed by atoms with E-state index in [9.17, 15) is 26.7 Å². The van der Waals surface area contributed by atoms with Crippen molar-refractivity contribution in [3.05, 3.63) is 57.9 Å². The Morgan fingerprint density at radius 1 is 1.38 bits per heavy atom. The molecule has 0 saturated heterocycles. The zero-order chi connectivity index (χ0) is 23.8. The molecule has 1 aliphatic rings. The van der Waals surface area contributed by atoms with Gasteiger partial charge in [0.25, 0.3) is 11.9 Å². The van der Waals surface area contributed by atoms with Crippen LogP contribution < -0.4 is 11.1 Å². The number of benzene rings is 1. The lowest BCUT2D eigenvalue weighted by atomic mass is 9.85. The second kappa shape index (κ2) is 8.23. The van der Waals surface area contributed by atoms with Gasteiger partial charge in [-0.3, -0.25) is 4.79 Å². The predicted octanol–water partition coefficient (Wildman–Crippen LogP) is 4.02. The number of nitrogens with one attached hydrogen (secondary N) is 1. The summed E-state index contributed by atoms with van der Waals surface area (Å²) in [5.74, 6) is -3.83. The average Bonchev–Trinajstić information content (AvgIpc) is 2.68. The number of nitriles is 1. The van der Waals surface area contributed by atoms with Gasteiger partial charge in [0.1, 0.15) is 11.8 Å². The summed E-state index contributed by atoms with van der Waals surface area (Å²) in [7, 11) is 0. The number of anilines is 1. The Balaban J connectivity index is 1.99. The highest BCUT2D eigenvalue weighted by Crippen LogP contribution is 2.41. The van der Waals surface area contributed by atoms with Crippen LogP contribution in [0.3, 0.4) is 0 Å². The molecule has 0 spiro atoms. The number of alkyl halides is 3. The average molecular weight is 474 g/mol. The number of carbonyl (C=O) groups is 1. The molecule has 168 valence electrons. The third-order valence-corrected chi connectivity index (χ3v) is 4.91. The fourth-order valence-corrected chi connectivity index (χ4v) is 3.38. The molecule has 1 aromatic heterocycles. The van der Waals surface area contributed by atoms with Crippen molar-refractivity contribution in [2.45, 2.75) is 31.2 Å². The number of hydrogen-bond donors (Lipinski definition) is 2. The highest BCUT2D eigenvalue weighted by Gasteiger charge is 2.50. The van der Waals surface area contributed by atoms with E-state index in [4.69, 9.17) is 22.6 Å². The number of rotatable bonds is 3. The zero-order valence-corrected chi connectivity index (χ0v) is 16.9. The lowest BCUT2D eigenvalue weighted by Gasteiger charge is -2.36. The first-order chi connectivity index (χ1) is 14.8. The van der Waals surface area contributed by atoms with Gasteiger partial charge >= 0.3 is 6.18 Å². The van der Waals surface area contributed by atoms with Crippen molar-refractivity contribution >= 4 is 29.2 Å². The van der Waals surface area contributed by atoms with Crippen molar-refractivity contribution in [3.8, 4) is 6.07 Å². The summed E-state index contributed by atoms with van der Waals surface area (Å²) in [6.07, 6.45) is -7.03. The van der Waals surface area contributed by atoms with E-state index in [0.29, 0.717) is 6.07 Å². The molecule has 3 rings (SSSR count). The first-order valence-corrected chi connectivity index (χ1v) is 9.17. The van der Waals surface area contributed by atoms with Gasteiger partial charge in [-0.25, -0.2) is 18.8 Å². The van der Waals surface area contributed by atoms with Crippen LogP contribution in [0.2, 0.25) is 5.02 Å². The van der Waals surface area contributed by atoms with E-state index < -0.39 is 53.4 Å². The van der Waals surface area contributed by atoms with Crippen LogP contribution in [0.5, 0.6) is 0 Å². The number of nitrogens with two attached hydrogens (primary N) is 1. The summed E-state index contributed by atoms with van der Waals surface area (Å²) in [6, 6.07) is 3.68. The summed E-state index contributed by atoms with van der Waals surface area (Å²) in [4.78, 5) is 20.0. The number of amides is 1. The van der Waals surface area contributed by atoms with Gasteiger partial charge in [0.15, 0.2) is 17.7 Å². The number of hydrogen-bond acceptors (Lipinski definition) is 6. The maximum atomic E-state index is 14.6. The minimum Gasteiger partial charge on any atom is -0.452 e.